The predicted octanol–water partition coefficient (Wildman–Crippen LogP) is 3.09. The molecule has 0 aliphatic carbocycles. The number of carbonyl (C=O) groups is 1. The van der Waals surface area contributed by atoms with Crippen LogP contribution in [0.3, 0.4) is 0 Å². The summed E-state index contributed by atoms with van der Waals surface area (Å²) in [4.78, 5) is 15.5. The van der Waals surface area contributed by atoms with Gasteiger partial charge in [0.1, 0.15) is 0 Å². The number of nitrogens with zero attached hydrogens (tertiary/aromatic N) is 1. The lowest BCUT2D eigenvalue weighted by molar-refractivity contribution is 0.101. The Balaban J connectivity index is 2.84. The molecule has 1 aromatic heterocycles. The van der Waals surface area contributed by atoms with E-state index >= 15 is 0 Å². The molecule has 0 saturated heterocycles. The first-order chi connectivity index (χ1) is 6.68. The molecule has 0 unspecified atom stereocenters. The van der Waals surface area contributed by atoms with E-state index in [1.54, 1.807) is 24.4 Å². The van der Waals surface area contributed by atoms with Gasteiger partial charge in [-0.3, -0.25) is 9.78 Å². The Morgan fingerprint density at radius 2 is 2.14 bits per heavy atom. The van der Waals surface area contributed by atoms with Crippen molar-refractivity contribution in [3.8, 4) is 0 Å². The number of aromatic nitrogens is 1. The van der Waals surface area contributed by atoms with Crippen LogP contribution in [0.15, 0.2) is 30.5 Å². The van der Waals surface area contributed by atoms with Gasteiger partial charge in [0.2, 0.25) is 0 Å². The molecular formula is C11H8ClNO. The van der Waals surface area contributed by atoms with Crippen molar-refractivity contribution in [3.05, 3.63) is 41.0 Å². The summed E-state index contributed by atoms with van der Waals surface area (Å²) in [7, 11) is 0. The minimum absolute atomic E-state index is 0.0275. The summed E-state index contributed by atoms with van der Waals surface area (Å²) in [5.41, 5.74) is 1.46. The summed E-state index contributed by atoms with van der Waals surface area (Å²) in [6, 6.07) is 7.05. The molecule has 2 rings (SSSR count). The number of rotatable bonds is 1. The van der Waals surface area contributed by atoms with Crippen molar-refractivity contribution >= 4 is 28.3 Å². The molecule has 3 heteroatoms. The Hall–Kier alpha value is -1.41. The van der Waals surface area contributed by atoms with Gasteiger partial charge in [-0.1, -0.05) is 11.6 Å². The van der Waals surface area contributed by atoms with E-state index < -0.39 is 0 Å². The fraction of sp³-hybridized carbons (Fsp3) is 0.0909. The lowest BCUT2D eigenvalue weighted by atomic mass is 10.1. The van der Waals surface area contributed by atoms with Crippen molar-refractivity contribution in [2.45, 2.75) is 6.92 Å². The standard InChI is InChI=1S/C11H8ClNO/c1-7(14)9-4-5-13-11-3-2-8(12)6-10(9)11/h2-6H,1H3. The highest BCUT2D eigenvalue weighted by Crippen LogP contribution is 2.21. The fourth-order valence-electron chi connectivity index (χ4n) is 1.43. The third-order valence-corrected chi connectivity index (χ3v) is 2.32. The zero-order valence-corrected chi connectivity index (χ0v) is 8.38. The molecule has 0 fully saturated rings. The molecule has 0 bridgehead atoms. The van der Waals surface area contributed by atoms with E-state index in [9.17, 15) is 4.79 Å². The summed E-state index contributed by atoms with van der Waals surface area (Å²) in [5.74, 6) is 0.0275. The molecule has 70 valence electrons. The summed E-state index contributed by atoms with van der Waals surface area (Å²) in [6.07, 6.45) is 1.63. The van der Waals surface area contributed by atoms with Crippen molar-refractivity contribution in [3.63, 3.8) is 0 Å². The third kappa shape index (κ3) is 1.49. The van der Waals surface area contributed by atoms with Crippen molar-refractivity contribution in [2.24, 2.45) is 0 Å². The van der Waals surface area contributed by atoms with Gasteiger partial charge in [-0.05, 0) is 31.2 Å². The maximum Gasteiger partial charge on any atom is 0.160 e. The van der Waals surface area contributed by atoms with Crippen molar-refractivity contribution in [1.29, 1.82) is 0 Å². The average Bonchev–Trinajstić information content (AvgIpc) is 2.16. The maximum absolute atomic E-state index is 11.3. The quantitative estimate of drug-likeness (QED) is 0.670. The number of fused-ring (bicyclic) bond motifs is 1. The van der Waals surface area contributed by atoms with E-state index in [-0.39, 0.29) is 5.78 Å². The molecule has 0 atom stereocenters. The number of hydrogen-bond donors (Lipinski definition) is 0. The first-order valence-corrected chi connectivity index (χ1v) is 4.61. The highest BCUT2D eigenvalue weighted by molar-refractivity contribution is 6.31. The van der Waals surface area contributed by atoms with Gasteiger partial charge in [-0.2, -0.15) is 0 Å². The third-order valence-electron chi connectivity index (χ3n) is 2.08. The Morgan fingerprint density at radius 3 is 2.86 bits per heavy atom. The van der Waals surface area contributed by atoms with Crippen LogP contribution in [0, 0.1) is 0 Å². The number of ketones is 1. The number of pyridine rings is 1. The molecule has 0 aliphatic heterocycles. The number of hydrogen-bond acceptors (Lipinski definition) is 2. The smallest absolute Gasteiger partial charge is 0.160 e. The summed E-state index contributed by atoms with van der Waals surface area (Å²) < 4.78 is 0. The van der Waals surface area contributed by atoms with Crippen molar-refractivity contribution in [1.82, 2.24) is 4.98 Å². The van der Waals surface area contributed by atoms with Gasteiger partial charge < -0.3 is 0 Å². The summed E-state index contributed by atoms with van der Waals surface area (Å²) in [5, 5.41) is 1.43. The lowest BCUT2D eigenvalue weighted by Crippen LogP contribution is -1.94. The number of carbonyl (C=O) groups excluding carboxylic acids is 1. The van der Waals surface area contributed by atoms with Crippen LogP contribution >= 0.6 is 11.6 Å². The Kier molecular flexibility index (Phi) is 2.22. The van der Waals surface area contributed by atoms with Crippen LogP contribution in [0.4, 0.5) is 0 Å². The van der Waals surface area contributed by atoms with Crippen LogP contribution in [0.2, 0.25) is 5.02 Å². The summed E-state index contributed by atoms with van der Waals surface area (Å²) >= 11 is 5.86. The topological polar surface area (TPSA) is 30.0 Å². The SMILES string of the molecule is CC(=O)c1ccnc2ccc(Cl)cc12. The first-order valence-electron chi connectivity index (χ1n) is 4.23. The number of halogens is 1. The lowest BCUT2D eigenvalue weighted by Gasteiger charge is -2.02. The first kappa shape index (κ1) is 9.16. The molecule has 2 nitrogen and oxygen atoms in total. The van der Waals surface area contributed by atoms with Gasteiger partial charge in [0.15, 0.2) is 5.78 Å². The van der Waals surface area contributed by atoms with Gasteiger partial charge in [0.05, 0.1) is 5.52 Å². The molecule has 0 spiro atoms. The minimum Gasteiger partial charge on any atom is -0.294 e. The van der Waals surface area contributed by atoms with Crippen LogP contribution in [0.1, 0.15) is 17.3 Å². The van der Waals surface area contributed by atoms with Crippen LogP contribution in [-0.4, -0.2) is 10.8 Å². The van der Waals surface area contributed by atoms with Gasteiger partial charge in [0, 0.05) is 22.2 Å². The number of benzene rings is 1. The average molecular weight is 206 g/mol. The van der Waals surface area contributed by atoms with Crippen LogP contribution < -0.4 is 0 Å². The van der Waals surface area contributed by atoms with E-state index in [4.69, 9.17) is 11.6 Å². The second-order valence-electron chi connectivity index (χ2n) is 3.08. The molecule has 0 aliphatic rings. The zero-order chi connectivity index (χ0) is 10.1. The molecule has 0 amide bonds. The molecule has 1 aromatic carbocycles. The van der Waals surface area contributed by atoms with E-state index in [0.29, 0.717) is 10.6 Å². The van der Waals surface area contributed by atoms with Crippen molar-refractivity contribution in [2.75, 3.05) is 0 Å². The van der Waals surface area contributed by atoms with E-state index in [1.165, 1.54) is 6.92 Å². The highest BCUT2D eigenvalue weighted by atomic mass is 35.5. The van der Waals surface area contributed by atoms with Gasteiger partial charge in [-0.25, -0.2) is 0 Å². The maximum atomic E-state index is 11.3. The van der Waals surface area contributed by atoms with Gasteiger partial charge in [-0.15, -0.1) is 0 Å². The molecule has 2 aromatic rings. The molecule has 14 heavy (non-hydrogen) atoms. The highest BCUT2D eigenvalue weighted by Gasteiger charge is 2.05. The monoisotopic (exact) mass is 205 g/mol. The molecule has 0 N–H and O–H groups in total. The van der Waals surface area contributed by atoms with Gasteiger partial charge in [0.25, 0.3) is 0 Å². The van der Waals surface area contributed by atoms with Crippen molar-refractivity contribution < 1.29 is 4.79 Å². The molecule has 0 radical (unpaired) electrons. The second kappa shape index (κ2) is 3.39. The summed E-state index contributed by atoms with van der Waals surface area (Å²) in [6.45, 7) is 1.54. The van der Waals surface area contributed by atoms with E-state index in [2.05, 4.69) is 4.98 Å². The van der Waals surface area contributed by atoms with Crippen LogP contribution in [0.5, 0.6) is 0 Å². The van der Waals surface area contributed by atoms with Gasteiger partial charge >= 0.3 is 0 Å². The predicted molar refractivity (Wildman–Crippen MR) is 56.8 cm³/mol. The Labute approximate surface area is 86.5 Å². The van der Waals surface area contributed by atoms with Crippen LogP contribution in [0.25, 0.3) is 10.9 Å². The largest absolute Gasteiger partial charge is 0.294 e. The normalized spacial score (nSPS) is 10.4. The molecule has 1 heterocycles. The fourth-order valence-corrected chi connectivity index (χ4v) is 1.60. The molecule has 0 saturated carbocycles. The molecular weight excluding hydrogens is 198 g/mol. The minimum atomic E-state index is 0.0275. The second-order valence-corrected chi connectivity index (χ2v) is 3.51. The van der Waals surface area contributed by atoms with Crippen LogP contribution in [-0.2, 0) is 0 Å². The zero-order valence-electron chi connectivity index (χ0n) is 7.62. The number of Topliss-reactive ketones (excluding diaryl/α,β-unsaturated/α-hetero) is 1. The Bertz CT molecular complexity index is 508. The Morgan fingerprint density at radius 1 is 1.36 bits per heavy atom. The van der Waals surface area contributed by atoms with E-state index in [0.717, 1.165) is 10.9 Å². The van der Waals surface area contributed by atoms with E-state index in [1.807, 2.05) is 6.07 Å².